The average Bonchev–Trinajstić information content (AvgIpc) is 3.13. The predicted molar refractivity (Wildman–Crippen MR) is 184 cm³/mol. The summed E-state index contributed by atoms with van der Waals surface area (Å²) in [5, 5.41) is 7.32. The van der Waals surface area contributed by atoms with E-state index in [1.807, 2.05) is 0 Å². The lowest BCUT2D eigenvalue weighted by Gasteiger charge is -2.15. The van der Waals surface area contributed by atoms with Crippen LogP contribution < -0.4 is 0 Å². The van der Waals surface area contributed by atoms with Gasteiger partial charge in [-0.25, -0.2) is 0 Å². The fourth-order valence-corrected chi connectivity index (χ4v) is 6.40. The minimum Gasteiger partial charge on any atom is -0.309 e. The Morgan fingerprint density at radius 3 is 1.02 bits per heavy atom. The van der Waals surface area contributed by atoms with Gasteiger partial charge in [-0.2, -0.15) is 0 Å². The van der Waals surface area contributed by atoms with E-state index >= 15 is 0 Å². The van der Waals surface area contributed by atoms with Crippen LogP contribution in [-0.2, 0) is 0 Å². The van der Waals surface area contributed by atoms with Crippen LogP contribution in [0.3, 0.4) is 0 Å². The van der Waals surface area contributed by atoms with Crippen LogP contribution in [-0.4, -0.2) is 4.57 Å². The maximum Gasteiger partial charge on any atom is 0.0540 e. The zero-order chi connectivity index (χ0) is 28.6. The van der Waals surface area contributed by atoms with Crippen LogP contribution >= 0.6 is 0 Å². The summed E-state index contributed by atoms with van der Waals surface area (Å²) in [6.45, 7) is 0. The topological polar surface area (TPSA) is 4.93 Å². The highest BCUT2D eigenvalue weighted by molar-refractivity contribution is 6.20. The van der Waals surface area contributed by atoms with Crippen LogP contribution in [0.2, 0.25) is 0 Å². The summed E-state index contributed by atoms with van der Waals surface area (Å²) in [5.74, 6) is 0. The van der Waals surface area contributed by atoms with Gasteiger partial charge in [0.1, 0.15) is 0 Å². The molecular weight excluding hydrogens is 518 g/mol. The number of hydrogen-bond donors (Lipinski definition) is 0. The van der Waals surface area contributed by atoms with Crippen molar-refractivity contribution in [1.29, 1.82) is 0 Å². The molecule has 0 saturated carbocycles. The highest BCUT2D eigenvalue weighted by atomic mass is 15.0. The highest BCUT2D eigenvalue weighted by Gasteiger charge is 2.12. The molecule has 8 aromatic rings. The molecule has 0 N–H and O–H groups in total. The Hall–Kier alpha value is -5.66. The average molecular weight is 548 g/mol. The summed E-state index contributed by atoms with van der Waals surface area (Å²) in [6, 6.07) is 63.7. The van der Waals surface area contributed by atoms with E-state index in [1.165, 1.54) is 54.6 Å². The van der Waals surface area contributed by atoms with E-state index in [4.69, 9.17) is 0 Å². The van der Waals surface area contributed by atoms with Gasteiger partial charge < -0.3 is 4.57 Å². The summed E-state index contributed by atoms with van der Waals surface area (Å²) in [5.41, 5.74) is 8.26. The smallest absolute Gasteiger partial charge is 0.0540 e. The monoisotopic (exact) mass is 547 g/mol. The first-order valence-electron chi connectivity index (χ1n) is 14.8. The maximum atomic E-state index is 2.44. The van der Waals surface area contributed by atoms with Crippen molar-refractivity contribution in [3.8, 4) is 27.9 Å². The van der Waals surface area contributed by atoms with Crippen molar-refractivity contribution >= 4 is 43.4 Å². The largest absolute Gasteiger partial charge is 0.309 e. The van der Waals surface area contributed by atoms with Gasteiger partial charge in [0.2, 0.25) is 0 Å². The molecule has 0 spiro atoms. The molecule has 202 valence electrons. The van der Waals surface area contributed by atoms with E-state index in [0.717, 1.165) is 16.7 Å². The molecule has 0 aliphatic carbocycles. The minimum atomic E-state index is 1.13. The van der Waals surface area contributed by atoms with Crippen LogP contribution in [0.4, 0.5) is 0 Å². The zero-order valence-corrected chi connectivity index (χ0v) is 23.7. The minimum absolute atomic E-state index is 1.13. The second-order valence-electron chi connectivity index (χ2n) is 11.0. The van der Waals surface area contributed by atoms with E-state index in [9.17, 15) is 0 Å². The third-order valence-electron chi connectivity index (χ3n) is 8.43. The zero-order valence-electron chi connectivity index (χ0n) is 23.7. The van der Waals surface area contributed by atoms with Gasteiger partial charge in [0, 0.05) is 16.5 Å². The number of hydrogen-bond acceptors (Lipinski definition) is 0. The van der Waals surface area contributed by atoms with Gasteiger partial charge in [-0.15, -0.1) is 0 Å². The van der Waals surface area contributed by atoms with Gasteiger partial charge in [-0.1, -0.05) is 140 Å². The van der Waals surface area contributed by atoms with Gasteiger partial charge in [-0.05, 0) is 80.2 Å². The molecule has 0 aliphatic rings. The Morgan fingerprint density at radius 2 is 0.605 bits per heavy atom. The van der Waals surface area contributed by atoms with Crippen molar-refractivity contribution in [1.82, 2.24) is 4.57 Å². The fourth-order valence-electron chi connectivity index (χ4n) is 6.40. The lowest BCUT2D eigenvalue weighted by Crippen LogP contribution is -1.98. The molecule has 8 rings (SSSR count). The van der Waals surface area contributed by atoms with E-state index in [0.29, 0.717) is 0 Å². The molecule has 1 nitrogen and oxygen atoms in total. The first-order chi connectivity index (χ1) is 21.3. The van der Waals surface area contributed by atoms with Crippen molar-refractivity contribution in [2.75, 3.05) is 0 Å². The third kappa shape index (κ3) is 4.43. The number of fused-ring (bicyclic) bond motifs is 7. The van der Waals surface area contributed by atoms with Gasteiger partial charge in [0.05, 0.1) is 11.0 Å². The third-order valence-corrected chi connectivity index (χ3v) is 8.43. The number of para-hydroxylation sites is 1. The highest BCUT2D eigenvalue weighted by Crippen LogP contribution is 2.37. The molecule has 1 aromatic heterocycles. The van der Waals surface area contributed by atoms with Crippen LogP contribution in [0.15, 0.2) is 176 Å². The Morgan fingerprint density at radius 1 is 0.256 bits per heavy atom. The Bertz CT molecular complexity index is 2170. The molecule has 0 unspecified atom stereocenters. The Balaban J connectivity index is 1.66. The van der Waals surface area contributed by atoms with Gasteiger partial charge in [0.25, 0.3) is 0 Å². The van der Waals surface area contributed by atoms with Gasteiger partial charge in [-0.3, -0.25) is 0 Å². The number of nitrogens with zero attached hydrogens (tertiary/aromatic N) is 1. The van der Waals surface area contributed by atoms with Crippen molar-refractivity contribution in [2.45, 2.75) is 0 Å². The summed E-state index contributed by atoms with van der Waals surface area (Å²) in [7, 11) is 0. The summed E-state index contributed by atoms with van der Waals surface area (Å²) in [4.78, 5) is 0. The molecule has 0 saturated heterocycles. The first-order valence-corrected chi connectivity index (χ1v) is 14.8. The molecule has 7 aromatic carbocycles. The number of rotatable bonds is 3. The van der Waals surface area contributed by atoms with Crippen LogP contribution in [0.5, 0.6) is 0 Å². The maximum absolute atomic E-state index is 2.44. The van der Waals surface area contributed by atoms with Crippen LogP contribution in [0.1, 0.15) is 0 Å². The molecule has 0 bridgehead atoms. The Kier molecular flexibility index (Phi) is 6.20. The summed E-state index contributed by atoms with van der Waals surface area (Å²) >= 11 is 0. The number of aromatic nitrogens is 1. The molecule has 0 radical (unpaired) electrons. The number of benzene rings is 7. The first kappa shape index (κ1) is 25.1. The Labute approximate surface area is 251 Å². The van der Waals surface area contributed by atoms with E-state index in [-0.39, 0.29) is 0 Å². The van der Waals surface area contributed by atoms with Crippen molar-refractivity contribution in [3.05, 3.63) is 176 Å². The van der Waals surface area contributed by atoms with E-state index < -0.39 is 0 Å². The van der Waals surface area contributed by atoms with E-state index in [1.54, 1.807) is 0 Å². The molecule has 0 fully saturated rings. The normalized spacial score (nSPS) is 11.3. The van der Waals surface area contributed by atoms with Gasteiger partial charge >= 0.3 is 0 Å². The van der Waals surface area contributed by atoms with Crippen molar-refractivity contribution in [3.63, 3.8) is 0 Å². The second-order valence-corrected chi connectivity index (χ2v) is 11.0. The summed E-state index contributed by atoms with van der Waals surface area (Å²) in [6.07, 6.45) is 0. The van der Waals surface area contributed by atoms with Crippen molar-refractivity contribution in [2.24, 2.45) is 0 Å². The van der Waals surface area contributed by atoms with Gasteiger partial charge in [0.15, 0.2) is 0 Å². The molecule has 1 heteroatoms. The second kappa shape index (κ2) is 10.6. The standard InChI is InChI=1S/C42H29N/c1-4-14-30(15-5-1)32-24-26-41-39(28-32)37-22-12-10-20-35(37)36-21-11-13-23-38(36)40-29-33(31-16-6-2-7-17-31)25-27-42(40)43(41)34-18-8-3-9-19-34/h1-29H. The molecule has 0 atom stereocenters. The molecule has 0 aliphatic heterocycles. The predicted octanol–water partition coefficient (Wildman–Crippen LogP) is 11.5. The van der Waals surface area contributed by atoms with Crippen molar-refractivity contribution < 1.29 is 0 Å². The lowest BCUT2D eigenvalue weighted by molar-refractivity contribution is 1.17. The lowest BCUT2D eigenvalue weighted by atomic mass is 9.98. The summed E-state index contributed by atoms with van der Waals surface area (Å²) < 4.78 is 2.44. The fraction of sp³-hybridized carbons (Fsp3) is 0. The molecular formula is C42H29N. The van der Waals surface area contributed by atoms with Crippen LogP contribution in [0, 0.1) is 0 Å². The SMILES string of the molecule is c1ccc(-c2ccc3c(c2)c2ccccc2c2ccccc2c2cc(-c4ccccc4)ccc2n3-c2ccccc2)cc1. The molecule has 43 heavy (non-hydrogen) atoms. The molecule has 0 amide bonds. The van der Waals surface area contributed by atoms with Crippen LogP contribution in [0.25, 0.3) is 71.3 Å². The molecule has 1 heterocycles. The van der Waals surface area contributed by atoms with E-state index in [2.05, 4.69) is 180 Å². The quantitative estimate of drug-likeness (QED) is 0.207.